The van der Waals surface area contributed by atoms with Gasteiger partial charge in [-0.05, 0) is 53.3 Å². The molecule has 0 aromatic heterocycles. The van der Waals surface area contributed by atoms with Gasteiger partial charge in [-0.15, -0.1) is 0 Å². The number of hydrogen-bond donors (Lipinski definition) is 3. The van der Waals surface area contributed by atoms with E-state index in [0.29, 0.717) is 45.1 Å². The first kappa shape index (κ1) is 36.0. The summed E-state index contributed by atoms with van der Waals surface area (Å²) >= 11 is 0. The van der Waals surface area contributed by atoms with Gasteiger partial charge in [0.25, 0.3) is 0 Å². The van der Waals surface area contributed by atoms with Crippen LogP contribution in [-0.2, 0) is 41.5 Å². The molecular formula is C38H48N4O7. The lowest BCUT2D eigenvalue weighted by atomic mass is 9.93. The van der Waals surface area contributed by atoms with Gasteiger partial charge in [0.1, 0.15) is 23.4 Å². The van der Waals surface area contributed by atoms with Crippen molar-refractivity contribution in [2.24, 2.45) is 5.92 Å². The van der Waals surface area contributed by atoms with Gasteiger partial charge in [-0.2, -0.15) is 0 Å². The minimum absolute atomic E-state index is 0.124. The fraction of sp³-hybridized carbons (Fsp3) is 0.474. The van der Waals surface area contributed by atoms with Crippen molar-refractivity contribution in [2.45, 2.75) is 63.8 Å². The average molecular weight is 673 g/mol. The Morgan fingerprint density at radius 3 is 2.04 bits per heavy atom. The van der Waals surface area contributed by atoms with Crippen molar-refractivity contribution in [2.75, 3.05) is 46.6 Å². The van der Waals surface area contributed by atoms with Crippen LogP contribution in [0.1, 0.15) is 38.3 Å². The first-order chi connectivity index (χ1) is 23.5. The molecular weight excluding hydrogens is 624 g/mol. The van der Waals surface area contributed by atoms with E-state index in [1.807, 2.05) is 73.3 Å². The zero-order chi connectivity index (χ0) is 35.0. The molecule has 0 unspecified atom stereocenters. The molecule has 0 spiro atoms. The van der Waals surface area contributed by atoms with Gasteiger partial charge in [0.05, 0.1) is 39.5 Å². The largest absolute Gasteiger partial charge is 0.497 e. The third-order valence-corrected chi connectivity index (χ3v) is 9.05. The molecule has 2 heterocycles. The van der Waals surface area contributed by atoms with Crippen molar-refractivity contribution in [1.29, 1.82) is 0 Å². The molecule has 262 valence electrons. The highest BCUT2D eigenvalue weighted by Gasteiger charge is 2.50. The van der Waals surface area contributed by atoms with Crippen LogP contribution in [0.3, 0.4) is 0 Å². The zero-order valence-corrected chi connectivity index (χ0v) is 28.8. The Kier molecular flexibility index (Phi) is 12.0. The van der Waals surface area contributed by atoms with E-state index in [4.69, 9.17) is 14.2 Å². The summed E-state index contributed by atoms with van der Waals surface area (Å²) in [6.07, 6.45) is 0.795. The number of methoxy groups -OCH3 is 1. The number of carbonyl (C=O) groups excluding carboxylic acids is 4. The Balaban J connectivity index is 1.39. The van der Waals surface area contributed by atoms with Crippen molar-refractivity contribution in [3.05, 3.63) is 77.9 Å². The fourth-order valence-electron chi connectivity index (χ4n) is 6.09. The number of morpholine rings is 1. The van der Waals surface area contributed by atoms with E-state index in [1.54, 1.807) is 26.2 Å². The number of carbonyl (C=O) groups is 4. The van der Waals surface area contributed by atoms with Crippen LogP contribution in [0.2, 0.25) is 0 Å². The Morgan fingerprint density at radius 1 is 0.816 bits per heavy atom. The Labute approximate surface area is 288 Å². The molecule has 2 fully saturated rings. The maximum absolute atomic E-state index is 14.2. The van der Waals surface area contributed by atoms with E-state index in [9.17, 15) is 19.2 Å². The summed E-state index contributed by atoms with van der Waals surface area (Å²) in [5.74, 6) is -0.683. The van der Waals surface area contributed by atoms with E-state index in [2.05, 4.69) is 16.0 Å². The molecule has 0 aliphatic carbocycles. The van der Waals surface area contributed by atoms with Crippen molar-refractivity contribution in [1.82, 2.24) is 20.9 Å². The first-order valence-corrected chi connectivity index (χ1v) is 17.0. The van der Waals surface area contributed by atoms with Gasteiger partial charge in [-0.25, -0.2) is 0 Å². The molecule has 0 bridgehead atoms. The van der Waals surface area contributed by atoms with Gasteiger partial charge in [0.2, 0.25) is 17.7 Å². The van der Waals surface area contributed by atoms with E-state index >= 15 is 0 Å². The summed E-state index contributed by atoms with van der Waals surface area (Å²) in [7, 11) is 1.57. The Bertz CT molecular complexity index is 1620. The lowest BCUT2D eigenvalue weighted by Gasteiger charge is -2.28. The smallest absolute Gasteiger partial charge is 0.243 e. The predicted octanol–water partition coefficient (Wildman–Crippen LogP) is 2.82. The molecule has 0 radical (unpaired) electrons. The van der Waals surface area contributed by atoms with Crippen LogP contribution in [0, 0.1) is 5.92 Å². The van der Waals surface area contributed by atoms with Crippen molar-refractivity contribution in [3.63, 3.8) is 0 Å². The van der Waals surface area contributed by atoms with E-state index in [-0.39, 0.29) is 37.0 Å². The van der Waals surface area contributed by atoms with Crippen LogP contribution >= 0.6 is 0 Å². The molecule has 2 aliphatic heterocycles. The summed E-state index contributed by atoms with van der Waals surface area (Å²) in [5, 5.41) is 10.9. The predicted molar refractivity (Wildman–Crippen MR) is 186 cm³/mol. The number of Topliss-reactive ketones (excluding diaryl/α,β-unsaturated/α-hetero) is 1. The standard InChI is InChI=1S/C38H48N4O7/c1-25(2)19-31(35(44)38(3)24-49-38)40-37(46)33(21-26-10-13-30(47-4)14-11-26)41-36(45)32(39-34(43)23-42-15-17-48-18-16-42)22-27-9-12-28-7-5-6-8-29(28)20-27/h5-14,20,25,31-33H,15-19,21-24H2,1-4H3,(H,39,43)(H,40,46)(H,41,45)/t31-,32-,33-,38+/m0/s1. The van der Waals surface area contributed by atoms with Gasteiger partial charge in [0, 0.05) is 25.9 Å². The van der Waals surface area contributed by atoms with Crippen molar-refractivity contribution < 1.29 is 33.4 Å². The van der Waals surface area contributed by atoms with Crippen molar-refractivity contribution in [3.8, 4) is 5.75 Å². The normalized spacial score (nSPS) is 19.4. The van der Waals surface area contributed by atoms with Gasteiger partial charge in [-0.1, -0.05) is 68.4 Å². The Hall–Kier alpha value is -4.32. The fourth-order valence-corrected chi connectivity index (χ4v) is 6.09. The second kappa shape index (κ2) is 16.4. The number of nitrogens with one attached hydrogen (secondary N) is 3. The summed E-state index contributed by atoms with van der Waals surface area (Å²) < 4.78 is 16.1. The van der Waals surface area contributed by atoms with Crippen molar-refractivity contribution >= 4 is 34.3 Å². The molecule has 0 saturated carbocycles. The third-order valence-electron chi connectivity index (χ3n) is 9.05. The topological polar surface area (TPSA) is 139 Å². The molecule has 3 N–H and O–H groups in total. The highest BCUT2D eigenvalue weighted by Crippen LogP contribution is 2.30. The number of ketones is 1. The zero-order valence-electron chi connectivity index (χ0n) is 28.8. The number of benzene rings is 3. The van der Waals surface area contributed by atoms with Gasteiger partial charge < -0.3 is 30.2 Å². The van der Waals surface area contributed by atoms with E-state index < -0.39 is 35.5 Å². The summed E-state index contributed by atoms with van der Waals surface area (Å²) in [5.41, 5.74) is 0.729. The van der Waals surface area contributed by atoms with Gasteiger partial charge in [-0.3, -0.25) is 24.1 Å². The van der Waals surface area contributed by atoms with Crippen LogP contribution in [-0.4, -0.2) is 98.7 Å². The first-order valence-electron chi connectivity index (χ1n) is 17.0. The number of rotatable bonds is 16. The second-order valence-electron chi connectivity index (χ2n) is 13.6. The van der Waals surface area contributed by atoms with Crippen LogP contribution in [0.4, 0.5) is 0 Å². The summed E-state index contributed by atoms with van der Waals surface area (Å²) in [4.78, 5) is 56.8. The molecule has 2 saturated heterocycles. The summed E-state index contributed by atoms with van der Waals surface area (Å²) in [6.45, 7) is 8.46. The maximum Gasteiger partial charge on any atom is 0.243 e. The molecule has 3 aromatic rings. The number of nitrogens with zero attached hydrogens (tertiary/aromatic N) is 1. The van der Waals surface area contributed by atoms with Crippen LogP contribution < -0.4 is 20.7 Å². The molecule has 4 atom stereocenters. The molecule has 5 rings (SSSR count). The lowest BCUT2D eigenvalue weighted by Crippen LogP contribution is -2.58. The molecule has 3 aromatic carbocycles. The molecule has 3 amide bonds. The van der Waals surface area contributed by atoms with Crippen LogP contribution in [0.5, 0.6) is 5.75 Å². The van der Waals surface area contributed by atoms with Gasteiger partial charge >= 0.3 is 0 Å². The third kappa shape index (κ3) is 10.1. The molecule has 49 heavy (non-hydrogen) atoms. The Morgan fingerprint density at radius 2 is 1.41 bits per heavy atom. The number of ether oxygens (including phenoxy) is 3. The number of hydrogen-bond acceptors (Lipinski definition) is 8. The van der Waals surface area contributed by atoms with E-state index in [1.165, 1.54) is 0 Å². The maximum atomic E-state index is 14.2. The second-order valence-corrected chi connectivity index (χ2v) is 13.6. The minimum Gasteiger partial charge on any atom is -0.497 e. The summed E-state index contributed by atoms with van der Waals surface area (Å²) in [6, 6.07) is 18.3. The number of epoxide rings is 1. The SMILES string of the molecule is COc1ccc(C[C@H](NC(=O)[C@H](Cc2ccc3ccccc3c2)NC(=O)CN2CCOCC2)C(=O)N[C@@H](CC(C)C)C(=O)[C@@]2(C)CO2)cc1. The van der Waals surface area contributed by atoms with Gasteiger partial charge in [0.15, 0.2) is 5.78 Å². The lowest BCUT2D eigenvalue weighted by molar-refractivity contribution is -0.134. The molecule has 11 heteroatoms. The van der Waals surface area contributed by atoms with Crippen LogP contribution in [0.15, 0.2) is 66.7 Å². The highest BCUT2D eigenvalue weighted by molar-refractivity contribution is 5.98. The average Bonchev–Trinajstić information content (AvgIpc) is 3.85. The quantitative estimate of drug-likeness (QED) is 0.198. The monoisotopic (exact) mass is 672 g/mol. The van der Waals surface area contributed by atoms with E-state index in [0.717, 1.165) is 21.9 Å². The number of amides is 3. The molecule has 2 aliphatic rings. The number of fused-ring (bicyclic) bond motifs is 1. The molecule has 11 nitrogen and oxygen atoms in total. The minimum atomic E-state index is -1.04. The highest BCUT2D eigenvalue weighted by atomic mass is 16.6. The van der Waals surface area contributed by atoms with Crippen LogP contribution in [0.25, 0.3) is 10.8 Å².